The molecule has 0 aliphatic carbocycles. The fourth-order valence-electron chi connectivity index (χ4n) is 1.65. The molecule has 0 amide bonds. The van der Waals surface area contributed by atoms with Gasteiger partial charge in [-0.2, -0.15) is 0 Å². The van der Waals surface area contributed by atoms with Crippen LogP contribution in [0.2, 0.25) is 0 Å². The number of hydrogen-bond acceptors (Lipinski definition) is 2. The minimum absolute atomic E-state index is 0.273. The second kappa shape index (κ2) is 5.72. The molecule has 98 valence electrons. The topological polar surface area (TPSA) is 18.5 Å². The summed E-state index contributed by atoms with van der Waals surface area (Å²) in [5, 5.41) is 0. The van der Waals surface area contributed by atoms with E-state index in [-0.39, 0.29) is 18.3 Å². The van der Waals surface area contributed by atoms with E-state index in [0.717, 1.165) is 12.0 Å². The minimum Gasteiger partial charge on any atom is -0.400 e. The molecule has 0 saturated carbocycles. The van der Waals surface area contributed by atoms with Crippen molar-refractivity contribution in [3.8, 4) is 0 Å². The van der Waals surface area contributed by atoms with Crippen LogP contribution in [0.3, 0.4) is 0 Å². The van der Waals surface area contributed by atoms with E-state index >= 15 is 0 Å². The lowest BCUT2D eigenvalue weighted by molar-refractivity contribution is 0.00578. The van der Waals surface area contributed by atoms with Gasteiger partial charge in [0.05, 0.1) is 11.2 Å². The molecule has 18 heavy (non-hydrogen) atoms. The zero-order valence-electron chi connectivity index (χ0n) is 11.9. The van der Waals surface area contributed by atoms with E-state index < -0.39 is 0 Å². The van der Waals surface area contributed by atoms with E-state index in [1.54, 1.807) is 6.08 Å². The second-order valence-electron chi connectivity index (χ2n) is 5.44. The van der Waals surface area contributed by atoms with Crippen LogP contribution in [-0.2, 0) is 9.31 Å². The van der Waals surface area contributed by atoms with E-state index in [1.807, 2.05) is 51.9 Å². The number of rotatable bonds is 5. The van der Waals surface area contributed by atoms with Crippen molar-refractivity contribution in [2.45, 2.75) is 45.3 Å². The van der Waals surface area contributed by atoms with Gasteiger partial charge < -0.3 is 9.31 Å². The van der Waals surface area contributed by atoms with Gasteiger partial charge in [-0.3, -0.25) is 0 Å². The summed E-state index contributed by atoms with van der Waals surface area (Å²) >= 11 is 0. The Morgan fingerprint density at radius 3 is 2.11 bits per heavy atom. The molecule has 0 aromatic rings. The molecule has 1 fully saturated rings. The third-order valence-electron chi connectivity index (χ3n) is 3.51. The Morgan fingerprint density at radius 2 is 1.67 bits per heavy atom. The Kier molecular flexibility index (Phi) is 4.77. The van der Waals surface area contributed by atoms with E-state index in [0.29, 0.717) is 0 Å². The molecule has 1 aliphatic heterocycles. The molecule has 1 aliphatic rings. The molecule has 0 aromatic carbocycles. The lowest BCUT2D eigenvalue weighted by atomic mass is 9.89. The monoisotopic (exact) mass is 246 g/mol. The molecule has 3 heteroatoms. The minimum atomic E-state index is -0.278. The summed E-state index contributed by atoms with van der Waals surface area (Å²) < 4.78 is 11.7. The molecule has 1 heterocycles. The Labute approximate surface area is 111 Å². The van der Waals surface area contributed by atoms with Crippen molar-refractivity contribution in [3.63, 3.8) is 0 Å². The maximum absolute atomic E-state index is 5.86. The smallest absolute Gasteiger partial charge is 0.400 e. The Hall–Kier alpha value is -1.06. The molecule has 1 saturated heterocycles. The third kappa shape index (κ3) is 3.47. The van der Waals surface area contributed by atoms with Crippen LogP contribution < -0.4 is 0 Å². The van der Waals surface area contributed by atoms with Crippen molar-refractivity contribution < 1.29 is 9.31 Å². The maximum atomic E-state index is 5.86. The number of allylic oxidation sites excluding steroid dienone is 5. The first-order valence-corrected chi connectivity index (χ1v) is 6.29. The summed E-state index contributed by atoms with van der Waals surface area (Å²) in [4.78, 5) is 0. The van der Waals surface area contributed by atoms with E-state index in [4.69, 9.17) is 9.31 Å². The summed E-state index contributed by atoms with van der Waals surface area (Å²) in [6, 6.07) is 0. The van der Waals surface area contributed by atoms with E-state index in [2.05, 4.69) is 13.2 Å². The zero-order valence-corrected chi connectivity index (χ0v) is 11.9. The molecule has 0 aromatic heterocycles. The highest BCUT2D eigenvalue weighted by atomic mass is 16.7. The van der Waals surface area contributed by atoms with Crippen molar-refractivity contribution in [2.24, 2.45) is 0 Å². The van der Waals surface area contributed by atoms with Crippen molar-refractivity contribution in [2.75, 3.05) is 0 Å². The van der Waals surface area contributed by atoms with Crippen molar-refractivity contribution in [1.29, 1.82) is 0 Å². The van der Waals surface area contributed by atoms with Gasteiger partial charge in [-0.1, -0.05) is 43.4 Å². The van der Waals surface area contributed by atoms with Crippen molar-refractivity contribution in [3.05, 3.63) is 49.0 Å². The van der Waals surface area contributed by atoms with Gasteiger partial charge in [-0.05, 0) is 39.7 Å². The van der Waals surface area contributed by atoms with Crippen LogP contribution in [0.15, 0.2) is 49.0 Å². The van der Waals surface area contributed by atoms with Crippen LogP contribution in [0.5, 0.6) is 0 Å². The van der Waals surface area contributed by atoms with Crippen LogP contribution >= 0.6 is 0 Å². The first-order chi connectivity index (χ1) is 8.32. The molecule has 1 rings (SSSR count). The van der Waals surface area contributed by atoms with Crippen LogP contribution in [0.4, 0.5) is 0 Å². The average molecular weight is 246 g/mol. The molecular weight excluding hydrogens is 223 g/mol. The summed E-state index contributed by atoms with van der Waals surface area (Å²) in [6.45, 7) is 15.6. The second-order valence-corrected chi connectivity index (χ2v) is 5.44. The fraction of sp³-hybridized carbons (Fsp3) is 0.467. The van der Waals surface area contributed by atoms with Crippen molar-refractivity contribution >= 4 is 7.12 Å². The van der Waals surface area contributed by atoms with Crippen molar-refractivity contribution in [1.82, 2.24) is 0 Å². The standard InChI is InChI=1S/C15H23BO2/c1-7-10-13(8-2)11-9-12-16-17-14(3,4)15(5,6)18-16/h7-10,12H,1-2,11H2,3-6H3/b12-9+,13-10+. The van der Waals surface area contributed by atoms with Gasteiger partial charge in [-0.15, -0.1) is 0 Å². The lowest BCUT2D eigenvalue weighted by Gasteiger charge is -2.32. The molecule has 0 unspecified atom stereocenters. The molecule has 0 N–H and O–H groups in total. The molecule has 0 spiro atoms. The summed E-state index contributed by atoms with van der Waals surface area (Å²) in [6.07, 6.45) is 8.39. The quantitative estimate of drug-likeness (QED) is 0.541. The van der Waals surface area contributed by atoms with Gasteiger partial charge in [-0.25, -0.2) is 0 Å². The summed E-state index contributed by atoms with van der Waals surface area (Å²) in [7, 11) is -0.273. The molecule has 0 atom stereocenters. The Balaban J connectivity index is 2.58. The maximum Gasteiger partial charge on any atom is 0.486 e. The van der Waals surface area contributed by atoms with E-state index in [1.165, 1.54) is 0 Å². The van der Waals surface area contributed by atoms with Crippen LogP contribution in [0.1, 0.15) is 34.1 Å². The molecule has 2 nitrogen and oxygen atoms in total. The molecular formula is C15H23BO2. The highest BCUT2D eigenvalue weighted by Gasteiger charge is 2.49. The predicted octanol–water partition coefficient (Wildman–Crippen LogP) is 3.86. The highest BCUT2D eigenvalue weighted by Crippen LogP contribution is 2.36. The average Bonchev–Trinajstić information content (AvgIpc) is 2.46. The van der Waals surface area contributed by atoms with Gasteiger partial charge in [0.15, 0.2) is 0 Å². The SMILES string of the molecule is C=C/C=C(\C=C)C/C=C/B1OC(C)(C)C(C)(C)O1. The Morgan fingerprint density at radius 1 is 1.11 bits per heavy atom. The summed E-state index contributed by atoms with van der Waals surface area (Å²) in [5.74, 6) is 1.96. The lowest BCUT2D eigenvalue weighted by Crippen LogP contribution is -2.41. The summed E-state index contributed by atoms with van der Waals surface area (Å²) in [5.41, 5.74) is 0.568. The van der Waals surface area contributed by atoms with E-state index in [9.17, 15) is 0 Å². The predicted molar refractivity (Wildman–Crippen MR) is 78.3 cm³/mol. The largest absolute Gasteiger partial charge is 0.486 e. The van der Waals surface area contributed by atoms with Gasteiger partial charge >= 0.3 is 7.12 Å². The molecule has 0 bridgehead atoms. The first kappa shape index (κ1) is 15.0. The van der Waals surface area contributed by atoms with Gasteiger partial charge in [0, 0.05) is 0 Å². The highest BCUT2D eigenvalue weighted by molar-refractivity contribution is 6.51. The Bertz CT molecular complexity index is 362. The van der Waals surface area contributed by atoms with Gasteiger partial charge in [0.1, 0.15) is 0 Å². The van der Waals surface area contributed by atoms with Gasteiger partial charge in [0.25, 0.3) is 0 Å². The zero-order chi connectivity index (χ0) is 13.8. The third-order valence-corrected chi connectivity index (χ3v) is 3.51. The van der Waals surface area contributed by atoms with Crippen LogP contribution in [-0.4, -0.2) is 18.3 Å². The normalized spacial score (nSPS) is 22.4. The first-order valence-electron chi connectivity index (χ1n) is 6.29. The molecule has 0 radical (unpaired) electrons. The fourth-order valence-corrected chi connectivity index (χ4v) is 1.65. The van der Waals surface area contributed by atoms with Gasteiger partial charge in [0.2, 0.25) is 0 Å². The van der Waals surface area contributed by atoms with Crippen LogP contribution in [0.25, 0.3) is 0 Å². The van der Waals surface area contributed by atoms with Crippen LogP contribution in [0, 0.1) is 0 Å². The number of hydrogen-bond donors (Lipinski definition) is 0.